The van der Waals surface area contributed by atoms with Gasteiger partial charge in [-0.25, -0.2) is 9.37 Å². The van der Waals surface area contributed by atoms with Gasteiger partial charge in [-0.2, -0.15) is 4.98 Å². The number of hydrogen-bond acceptors (Lipinski definition) is 3. The maximum atomic E-state index is 13.7. The first-order valence-electron chi connectivity index (χ1n) is 3.70. The standard InChI is InChI=1S/C8H2BrClFIN2O/c9-4-3(12)1-2-6(5(4)11)13-8(10)14-7(2)15/h1H,(H,13,14,15). The van der Waals surface area contributed by atoms with Gasteiger partial charge in [0, 0.05) is 3.57 Å². The van der Waals surface area contributed by atoms with Gasteiger partial charge in [0.05, 0.1) is 9.86 Å². The smallest absolute Gasteiger partial charge is 0.226 e. The van der Waals surface area contributed by atoms with Crippen LogP contribution in [-0.2, 0) is 0 Å². The molecule has 1 aromatic carbocycles. The molecule has 0 aliphatic rings. The number of rotatable bonds is 0. The molecule has 1 heterocycles. The largest absolute Gasteiger partial charge is 0.493 e. The van der Waals surface area contributed by atoms with Crippen molar-refractivity contribution in [1.29, 1.82) is 0 Å². The van der Waals surface area contributed by atoms with E-state index in [1.165, 1.54) is 0 Å². The molecule has 0 saturated heterocycles. The summed E-state index contributed by atoms with van der Waals surface area (Å²) in [6, 6.07) is 1.58. The zero-order chi connectivity index (χ0) is 11.2. The molecule has 0 saturated carbocycles. The van der Waals surface area contributed by atoms with Gasteiger partial charge in [-0.15, -0.1) is 0 Å². The average molecular weight is 403 g/mol. The molecule has 0 spiro atoms. The Hall–Kier alpha value is -0.210. The van der Waals surface area contributed by atoms with Gasteiger partial charge in [-0.05, 0) is 56.2 Å². The number of benzene rings is 1. The first-order chi connectivity index (χ1) is 7.00. The molecule has 0 amide bonds. The summed E-state index contributed by atoms with van der Waals surface area (Å²) in [7, 11) is 0. The number of aromatic hydroxyl groups is 1. The minimum absolute atomic E-state index is 0.000194. The van der Waals surface area contributed by atoms with Crippen molar-refractivity contribution in [2.75, 3.05) is 0 Å². The van der Waals surface area contributed by atoms with E-state index in [0.29, 0.717) is 8.04 Å². The first kappa shape index (κ1) is 11.3. The van der Waals surface area contributed by atoms with E-state index < -0.39 is 5.82 Å². The van der Waals surface area contributed by atoms with Crippen LogP contribution in [0.2, 0.25) is 5.28 Å². The van der Waals surface area contributed by atoms with E-state index in [4.69, 9.17) is 11.6 Å². The molecule has 0 aliphatic carbocycles. The number of aromatic nitrogens is 2. The van der Waals surface area contributed by atoms with Crippen molar-refractivity contribution in [2.45, 2.75) is 0 Å². The Kier molecular flexibility index (Phi) is 3.00. The third-order valence-corrected chi connectivity index (χ3v) is 4.32. The third-order valence-electron chi connectivity index (χ3n) is 1.78. The van der Waals surface area contributed by atoms with Crippen LogP contribution in [0.3, 0.4) is 0 Å². The fraction of sp³-hybridized carbons (Fsp3) is 0. The van der Waals surface area contributed by atoms with Crippen LogP contribution in [0.15, 0.2) is 10.5 Å². The van der Waals surface area contributed by atoms with E-state index in [2.05, 4.69) is 25.9 Å². The molecule has 0 aliphatic heterocycles. The van der Waals surface area contributed by atoms with Gasteiger partial charge in [-0.1, -0.05) is 0 Å². The normalized spacial score (nSPS) is 10.9. The van der Waals surface area contributed by atoms with Gasteiger partial charge in [0.2, 0.25) is 11.2 Å². The fourth-order valence-corrected chi connectivity index (χ4v) is 2.15. The van der Waals surface area contributed by atoms with Gasteiger partial charge >= 0.3 is 0 Å². The summed E-state index contributed by atoms with van der Waals surface area (Å²) in [6.45, 7) is 0. The minimum atomic E-state index is -0.559. The van der Waals surface area contributed by atoms with Gasteiger partial charge in [-0.3, -0.25) is 0 Å². The molecule has 0 bridgehead atoms. The van der Waals surface area contributed by atoms with Gasteiger partial charge in [0.15, 0.2) is 5.82 Å². The molecular weight excluding hydrogens is 401 g/mol. The van der Waals surface area contributed by atoms with Crippen LogP contribution >= 0.6 is 50.1 Å². The van der Waals surface area contributed by atoms with Crippen LogP contribution in [0.25, 0.3) is 10.9 Å². The maximum Gasteiger partial charge on any atom is 0.226 e. The van der Waals surface area contributed by atoms with Crippen molar-refractivity contribution in [3.05, 3.63) is 25.2 Å². The Morgan fingerprint density at radius 3 is 2.80 bits per heavy atom. The summed E-state index contributed by atoms with van der Waals surface area (Å²) >= 11 is 10.5. The van der Waals surface area contributed by atoms with Crippen molar-refractivity contribution < 1.29 is 9.50 Å². The highest BCUT2D eigenvalue weighted by molar-refractivity contribution is 14.1. The van der Waals surface area contributed by atoms with Crippen molar-refractivity contribution in [3.8, 4) is 5.88 Å². The molecule has 0 radical (unpaired) electrons. The highest BCUT2D eigenvalue weighted by atomic mass is 127. The second-order valence-corrected chi connectivity index (χ2v) is 4.99. The quantitative estimate of drug-likeness (QED) is 0.416. The number of halogens is 4. The van der Waals surface area contributed by atoms with E-state index in [1.807, 2.05) is 22.6 Å². The lowest BCUT2D eigenvalue weighted by molar-refractivity contribution is 0.459. The molecule has 0 fully saturated rings. The maximum absolute atomic E-state index is 13.7. The van der Waals surface area contributed by atoms with E-state index in [-0.39, 0.29) is 22.1 Å². The number of nitrogens with zero attached hydrogens (tertiary/aromatic N) is 2. The SMILES string of the molecule is Oc1nc(Cl)nc2c(F)c(Br)c(I)cc12. The summed E-state index contributed by atoms with van der Waals surface area (Å²) in [6.07, 6.45) is 0. The lowest BCUT2D eigenvalue weighted by atomic mass is 10.2. The molecule has 15 heavy (non-hydrogen) atoms. The Balaban J connectivity index is 2.98. The molecule has 1 N–H and O–H groups in total. The van der Waals surface area contributed by atoms with Crippen LogP contribution < -0.4 is 0 Å². The van der Waals surface area contributed by atoms with Crippen molar-refractivity contribution in [2.24, 2.45) is 0 Å². The van der Waals surface area contributed by atoms with E-state index in [9.17, 15) is 9.50 Å². The van der Waals surface area contributed by atoms with Crippen LogP contribution in [0.5, 0.6) is 5.88 Å². The van der Waals surface area contributed by atoms with Crippen LogP contribution in [-0.4, -0.2) is 15.1 Å². The Bertz CT molecular complexity index is 566. The highest BCUT2D eigenvalue weighted by Gasteiger charge is 2.15. The molecule has 2 aromatic rings. The van der Waals surface area contributed by atoms with Crippen LogP contribution in [0.4, 0.5) is 4.39 Å². The van der Waals surface area contributed by atoms with E-state index in [0.717, 1.165) is 0 Å². The first-order valence-corrected chi connectivity index (χ1v) is 5.95. The molecule has 2 rings (SSSR count). The lowest BCUT2D eigenvalue weighted by Gasteiger charge is -2.04. The second-order valence-electron chi connectivity index (χ2n) is 2.70. The van der Waals surface area contributed by atoms with Crippen molar-refractivity contribution >= 4 is 61.0 Å². The number of fused-ring (bicyclic) bond motifs is 1. The number of hydrogen-bond donors (Lipinski definition) is 1. The highest BCUT2D eigenvalue weighted by Crippen LogP contribution is 2.32. The molecular formula is C8H2BrClFIN2O. The zero-order valence-electron chi connectivity index (χ0n) is 6.93. The Labute approximate surface area is 111 Å². The predicted octanol–water partition coefficient (Wildman–Crippen LogP) is 3.50. The van der Waals surface area contributed by atoms with Crippen molar-refractivity contribution in [1.82, 2.24) is 9.97 Å². The van der Waals surface area contributed by atoms with E-state index >= 15 is 0 Å². The summed E-state index contributed by atoms with van der Waals surface area (Å²) < 4.78 is 14.6. The lowest BCUT2D eigenvalue weighted by Crippen LogP contribution is -1.92. The van der Waals surface area contributed by atoms with Crippen LogP contribution in [0.1, 0.15) is 0 Å². The average Bonchev–Trinajstić information content (AvgIpc) is 2.17. The van der Waals surface area contributed by atoms with Crippen LogP contribution in [0, 0.1) is 9.39 Å². The van der Waals surface area contributed by atoms with Gasteiger partial charge in [0.25, 0.3) is 0 Å². The Morgan fingerprint density at radius 1 is 1.47 bits per heavy atom. The predicted molar refractivity (Wildman–Crippen MR) is 66.6 cm³/mol. The fourth-order valence-electron chi connectivity index (χ4n) is 1.13. The third kappa shape index (κ3) is 1.90. The molecule has 3 nitrogen and oxygen atoms in total. The monoisotopic (exact) mass is 402 g/mol. The molecule has 7 heteroatoms. The second kappa shape index (κ2) is 3.99. The van der Waals surface area contributed by atoms with E-state index in [1.54, 1.807) is 6.07 Å². The summed E-state index contributed by atoms with van der Waals surface area (Å²) in [5.41, 5.74) is -0.000194. The zero-order valence-corrected chi connectivity index (χ0v) is 11.4. The minimum Gasteiger partial charge on any atom is -0.493 e. The van der Waals surface area contributed by atoms with Gasteiger partial charge in [0.1, 0.15) is 5.52 Å². The topological polar surface area (TPSA) is 46.0 Å². The molecule has 78 valence electrons. The molecule has 1 aromatic heterocycles. The summed E-state index contributed by atoms with van der Waals surface area (Å²) in [5, 5.41) is 9.52. The summed E-state index contributed by atoms with van der Waals surface area (Å²) in [4.78, 5) is 7.26. The molecule has 0 atom stereocenters. The Morgan fingerprint density at radius 2 is 2.13 bits per heavy atom. The summed E-state index contributed by atoms with van der Waals surface area (Å²) in [5.74, 6) is -0.884. The van der Waals surface area contributed by atoms with Gasteiger partial charge < -0.3 is 5.11 Å². The molecule has 0 unspecified atom stereocenters. The van der Waals surface area contributed by atoms with Crippen molar-refractivity contribution in [3.63, 3.8) is 0 Å².